The molecule has 0 atom stereocenters. The van der Waals surface area contributed by atoms with Crippen molar-refractivity contribution in [3.05, 3.63) is 65.5 Å². The summed E-state index contributed by atoms with van der Waals surface area (Å²) in [6.07, 6.45) is 1.67. The predicted octanol–water partition coefficient (Wildman–Crippen LogP) is 4.27. The van der Waals surface area contributed by atoms with Crippen molar-refractivity contribution in [3.8, 4) is 0 Å². The molecular weight excluding hydrogens is 297 g/mol. The molecule has 0 aliphatic heterocycles. The highest BCUT2D eigenvalue weighted by Gasteiger charge is 2.01. The molecule has 0 amide bonds. The summed E-state index contributed by atoms with van der Waals surface area (Å²) in [6.45, 7) is 4.30. The molecule has 22 heavy (non-hydrogen) atoms. The van der Waals surface area contributed by atoms with Crippen molar-refractivity contribution in [3.63, 3.8) is 0 Å². The van der Waals surface area contributed by atoms with Crippen LogP contribution in [-0.4, -0.2) is 11.3 Å². The van der Waals surface area contributed by atoms with Crippen molar-refractivity contribution in [2.45, 2.75) is 19.8 Å². The van der Waals surface area contributed by atoms with Crippen LogP contribution in [0.25, 0.3) is 0 Å². The van der Waals surface area contributed by atoms with Crippen LogP contribution in [0.4, 0.5) is 10.1 Å². The highest BCUT2D eigenvalue weighted by Crippen LogP contribution is 2.14. The molecular formula is C17H18FN3S. The Morgan fingerprint density at radius 3 is 2.45 bits per heavy atom. The molecule has 2 rings (SSSR count). The highest BCUT2D eigenvalue weighted by molar-refractivity contribution is 7.80. The number of halogens is 1. The average molecular weight is 315 g/mol. The second-order valence-electron chi connectivity index (χ2n) is 5.13. The molecule has 2 aromatic carbocycles. The molecule has 3 nitrogen and oxygen atoms in total. The third kappa shape index (κ3) is 4.63. The van der Waals surface area contributed by atoms with Gasteiger partial charge in [0.15, 0.2) is 5.11 Å². The molecule has 0 fully saturated rings. The van der Waals surface area contributed by atoms with Gasteiger partial charge in [0.2, 0.25) is 0 Å². The minimum Gasteiger partial charge on any atom is -0.329 e. The van der Waals surface area contributed by atoms with Gasteiger partial charge in [0.25, 0.3) is 0 Å². The molecule has 0 radical (unpaired) electrons. The quantitative estimate of drug-likeness (QED) is 0.502. The summed E-state index contributed by atoms with van der Waals surface area (Å²) in [5.74, 6) is 0.140. The minimum absolute atomic E-state index is 0.236. The number of nitrogens with zero attached hydrogens (tertiary/aromatic N) is 1. The first-order chi connectivity index (χ1) is 10.6. The van der Waals surface area contributed by atoms with Gasteiger partial charge in [-0.25, -0.2) is 4.39 Å². The highest BCUT2D eigenvalue weighted by atomic mass is 32.1. The molecule has 0 heterocycles. The molecule has 114 valence electrons. The van der Waals surface area contributed by atoms with Crippen molar-refractivity contribution in [2.24, 2.45) is 5.10 Å². The van der Waals surface area contributed by atoms with Gasteiger partial charge >= 0.3 is 0 Å². The molecule has 0 unspecified atom stereocenters. The Hall–Kier alpha value is -2.27. The maximum atomic E-state index is 13.5. The zero-order chi connectivity index (χ0) is 15.9. The fourth-order valence-electron chi connectivity index (χ4n) is 1.85. The van der Waals surface area contributed by atoms with Gasteiger partial charge in [0.1, 0.15) is 5.82 Å². The maximum absolute atomic E-state index is 13.5. The Balaban J connectivity index is 1.89. The fraction of sp³-hybridized carbons (Fsp3) is 0.176. The molecule has 2 aromatic rings. The number of thiocarbonyl (C=S) groups is 1. The van der Waals surface area contributed by atoms with Gasteiger partial charge in [0.05, 0.1) is 11.9 Å². The summed E-state index contributed by atoms with van der Waals surface area (Å²) in [5, 5.41) is 7.03. The van der Waals surface area contributed by atoms with E-state index in [9.17, 15) is 4.39 Å². The van der Waals surface area contributed by atoms with Gasteiger partial charge in [-0.2, -0.15) is 5.10 Å². The lowest BCUT2D eigenvalue weighted by Crippen LogP contribution is -2.24. The first-order valence-electron chi connectivity index (χ1n) is 7.01. The van der Waals surface area contributed by atoms with Gasteiger partial charge in [-0.3, -0.25) is 5.43 Å². The summed E-state index contributed by atoms with van der Waals surface area (Å²) in [4.78, 5) is 0. The topological polar surface area (TPSA) is 36.4 Å². The minimum atomic E-state index is -0.361. The van der Waals surface area contributed by atoms with Crippen LogP contribution >= 0.6 is 12.2 Å². The SMILES string of the molecule is CC(C)c1ccc(/C=N\NC(=S)Nc2ccccc2F)cc1. The van der Waals surface area contributed by atoms with E-state index in [0.717, 1.165) is 5.56 Å². The van der Waals surface area contributed by atoms with E-state index in [1.807, 2.05) is 12.1 Å². The van der Waals surface area contributed by atoms with E-state index < -0.39 is 0 Å². The number of benzene rings is 2. The molecule has 0 aliphatic carbocycles. The van der Waals surface area contributed by atoms with Crippen molar-refractivity contribution in [1.29, 1.82) is 0 Å². The molecule has 0 aliphatic rings. The number of hydrogen-bond acceptors (Lipinski definition) is 2. The average Bonchev–Trinajstić information content (AvgIpc) is 2.50. The zero-order valence-corrected chi connectivity index (χ0v) is 13.3. The third-order valence-electron chi connectivity index (χ3n) is 3.10. The summed E-state index contributed by atoms with van der Waals surface area (Å²) in [6, 6.07) is 14.5. The summed E-state index contributed by atoms with van der Waals surface area (Å²) in [5.41, 5.74) is 5.23. The fourth-order valence-corrected chi connectivity index (χ4v) is 2.01. The van der Waals surface area contributed by atoms with Crippen LogP contribution in [0.1, 0.15) is 30.9 Å². The summed E-state index contributed by atoms with van der Waals surface area (Å²) < 4.78 is 13.5. The van der Waals surface area contributed by atoms with Gasteiger partial charge in [0, 0.05) is 0 Å². The van der Waals surface area contributed by atoms with E-state index >= 15 is 0 Å². The Labute approximate surface area is 135 Å². The lowest BCUT2D eigenvalue weighted by atomic mass is 10.0. The van der Waals surface area contributed by atoms with Crippen molar-refractivity contribution in [2.75, 3.05) is 5.32 Å². The number of anilines is 1. The Kier molecular flexibility index (Phi) is 5.61. The predicted molar refractivity (Wildman–Crippen MR) is 93.9 cm³/mol. The van der Waals surface area contributed by atoms with Crippen molar-refractivity contribution >= 4 is 29.2 Å². The largest absolute Gasteiger partial charge is 0.329 e. The molecule has 0 saturated carbocycles. The lowest BCUT2D eigenvalue weighted by Gasteiger charge is -2.07. The monoisotopic (exact) mass is 315 g/mol. The normalized spacial score (nSPS) is 10.9. The molecule has 0 spiro atoms. The molecule has 0 saturated heterocycles. The Morgan fingerprint density at radius 2 is 1.82 bits per heavy atom. The van der Waals surface area contributed by atoms with Gasteiger partial charge in [-0.05, 0) is 41.4 Å². The molecule has 2 N–H and O–H groups in total. The second kappa shape index (κ2) is 7.66. The maximum Gasteiger partial charge on any atom is 0.191 e. The first-order valence-corrected chi connectivity index (χ1v) is 7.41. The van der Waals surface area contributed by atoms with E-state index in [0.29, 0.717) is 11.6 Å². The molecule has 0 bridgehead atoms. The van der Waals surface area contributed by atoms with Crippen LogP contribution in [0.3, 0.4) is 0 Å². The van der Waals surface area contributed by atoms with Gasteiger partial charge in [-0.1, -0.05) is 50.2 Å². The molecule has 5 heteroatoms. The van der Waals surface area contributed by atoms with Crippen LogP contribution in [0.2, 0.25) is 0 Å². The number of rotatable bonds is 4. The van der Waals surface area contributed by atoms with Crippen LogP contribution in [0, 0.1) is 5.82 Å². The smallest absolute Gasteiger partial charge is 0.191 e. The lowest BCUT2D eigenvalue weighted by molar-refractivity contribution is 0.632. The van der Waals surface area contributed by atoms with Crippen LogP contribution in [-0.2, 0) is 0 Å². The zero-order valence-electron chi connectivity index (χ0n) is 12.5. The van der Waals surface area contributed by atoms with E-state index in [4.69, 9.17) is 12.2 Å². The Morgan fingerprint density at radius 1 is 1.14 bits per heavy atom. The first kappa shape index (κ1) is 16.1. The van der Waals surface area contributed by atoms with E-state index in [1.54, 1.807) is 24.4 Å². The van der Waals surface area contributed by atoms with Gasteiger partial charge < -0.3 is 5.32 Å². The van der Waals surface area contributed by atoms with Crippen LogP contribution in [0.5, 0.6) is 0 Å². The summed E-state index contributed by atoms with van der Waals surface area (Å²) in [7, 11) is 0. The number of nitrogens with one attached hydrogen (secondary N) is 2. The summed E-state index contributed by atoms with van der Waals surface area (Å²) >= 11 is 5.06. The Bertz CT molecular complexity index is 666. The van der Waals surface area contributed by atoms with Crippen LogP contribution < -0.4 is 10.7 Å². The van der Waals surface area contributed by atoms with E-state index in [2.05, 4.69) is 41.8 Å². The standard InChI is InChI=1S/C17H18FN3S/c1-12(2)14-9-7-13(8-10-14)11-19-21-17(22)20-16-6-4-3-5-15(16)18/h3-12H,1-2H3,(H2,20,21,22)/b19-11-. The van der Waals surface area contributed by atoms with Crippen molar-refractivity contribution in [1.82, 2.24) is 5.43 Å². The number of hydrazone groups is 1. The number of hydrogen-bond donors (Lipinski definition) is 2. The second-order valence-corrected chi connectivity index (χ2v) is 5.53. The van der Waals surface area contributed by atoms with Crippen molar-refractivity contribution < 1.29 is 4.39 Å². The van der Waals surface area contributed by atoms with Crippen LogP contribution in [0.15, 0.2) is 53.6 Å². The molecule has 0 aromatic heterocycles. The number of para-hydroxylation sites is 1. The third-order valence-corrected chi connectivity index (χ3v) is 3.30. The van der Waals surface area contributed by atoms with Gasteiger partial charge in [-0.15, -0.1) is 0 Å². The van der Waals surface area contributed by atoms with E-state index in [-0.39, 0.29) is 10.9 Å². The van der Waals surface area contributed by atoms with E-state index in [1.165, 1.54) is 11.6 Å².